The third-order valence-corrected chi connectivity index (χ3v) is 22.4. The van der Waals surface area contributed by atoms with Gasteiger partial charge in [-0.1, -0.05) is 43.2 Å². The molecule has 1 unspecified atom stereocenters. The topological polar surface area (TPSA) is 682 Å². The monoisotopic (exact) mass is 1700 g/mol. The van der Waals surface area contributed by atoms with Crippen LogP contribution in [-0.4, -0.2) is 175 Å². The number of rotatable bonds is 35. The average Bonchev–Trinajstić information content (AvgIpc) is 0.779. The summed E-state index contributed by atoms with van der Waals surface area (Å²) in [4.78, 5) is 41.5. The van der Waals surface area contributed by atoms with E-state index in [0.29, 0.717) is 69.4 Å². The number of aromatic hydroxyl groups is 5. The molecule has 0 fully saturated rings. The number of carbonyl (C=O) groups is 4. The third-order valence-electron chi connectivity index (χ3n) is 15.4. The summed E-state index contributed by atoms with van der Waals surface area (Å²) < 4.78 is 174. The average molecular weight is 1700 g/mol. The van der Waals surface area contributed by atoms with Crippen molar-refractivity contribution < 1.29 is 144 Å². The SMILES string of the molecule is CC(=O)C(N=Nc1ccc2cc(S(O)(O)O)c(N=Nc3cc(S(=O)(=O)CCNCCCCCC(=O)O)cc(S(O)(O)O)c3O)c(O)c2c1)C(=O)Nc1ccccc1.Nc1cc(O)ccc1N=Nc1ccc2cc(S(O)(O)O)c(N=Nc3cc(S(=O)(=O)CCNCCCCCC(=O)O)cc(S(O)(O)O)c3O)c(O)c2c1.[CH3-].[Cr]. The minimum absolute atomic E-state index is 0. The summed E-state index contributed by atoms with van der Waals surface area (Å²) in [6, 6.07) is 23.6. The molecule has 0 aliphatic rings. The summed E-state index contributed by atoms with van der Waals surface area (Å²) in [5.41, 5.74) is 3.62. The van der Waals surface area contributed by atoms with Crippen LogP contribution in [-0.2, 0) is 56.2 Å². The molecule has 8 aromatic rings. The van der Waals surface area contributed by atoms with Gasteiger partial charge in [0.1, 0.15) is 87.5 Å². The Morgan fingerprint density at radius 2 is 0.856 bits per heavy atom. The number of Topliss-reactive ketones (excluding diaryl/α,β-unsaturated/α-hetero) is 1. The molecule has 0 saturated carbocycles. The first-order chi connectivity index (χ1) is 51.0. The Bertz CT molecular complexity index is 5070. The molecule has 24 N–H and O–H groups in total. The number of nitrogens with two attached hydrogens (primary N) is 1. The Kier molecular flexibility index (Phi) is 33.2. The van der Waals surface area contributed by atoms with Crippen LogP contribution in [0.5, 0.6) is 28.7 Å². The summed E-state index contributed by atoms with van der Waals surface area (Å²) in [5, 5.41) is 110. The molecule has 8 rings (SSSR count). The number of azo groups is 4. The number of para-hydroxylation sites is 1. The van der Waals surface area contributed by atoms with E-state index in [1.807, 2.05) is 0 Å². The van der Waals surface area contributed by atoms with Crippen LogP contribution in [0, 0.1) is 7.43 Å². The second-order valence-corrected chi connectivity index (χ2v) is 33.7. The van der Waals surface area contributed by atoms with Gasteiger partial charge in [0.05, 0.1) is 48.1 Å². The quantitative estimate of drug-likeness (QED) is 0.00577. The van der Waals surface area contributed by atoms with Crippen LogP contribution in [0.25, 0.3) is 21.5 Å². The zero-order valence-corrected chi connectivity index (χ0v) is 64.5. The van der Waals surface area contributed by atoms with Gasteiger partial charge in [0.25, 0.3) is 5.91 Å². The fourth-order valence-electron chi connectivity index (χ4n) is 9.89. The number of unbranched alkanes of at least 4 members (excludes halogenated alkanes) is 4. The minimum atomic E-state index is -4.78. The van der Waals surface area contributed by atoms with E-state index in [1.54, 1.807) is 30.3 Å². The number of carboxylic acids is 2. The molecule has 0 saturated heterocycles. The molecule has 111 heavy (non-hydrogen) atoms. The van der Waals surface area contributed by atoms with Gasteiger partial charge in [0.2, 0.25) is 6.04 Å². The van der Waals surface area contributed by atoms with Gasteiger partial charge in [-0.3, -0.25) is 19.2 Å². The normalized spacial score (nSPS) is 13.2. The number of nitrogen functional groups attached to an aromatic ring is 1. The maximum atomic E-state index is 13.2. The number of sulfone groups is 2. The van der Waals surface area contributed by atoms with Crippen LogP contribution >= 0.6 is 43.5 Å². The van der Waals surface area contributed by atoms with Crippen molar-refractivity contribution in [2.24, 2.45) is 40.9 Å². The number of carboxylic acid groups (broad SMARTS) is 2. The van der Waals surface area contributed by atoms with Crippen LogP contribution in [0.1, 0.15) is 58.3 Å². The smallest absolute Gasteiger partial charge is 0.303 e. The number of anilines is 2. The number of fused-ring (bicyclic) bond motifs is 2. The minimum Gasteiger partial charge on any atom is -0.508 e. The Morgan fingerprint density at radius 1 is 0.441 bits per heavy atom. The van der Waals surface area contributed by atoms with Gasteiger partial charge < -0.3 is 119 Å². The number of nitrogens with zero attached hydrogens (tertiary/aromatic N) is 8. The van der Waals surface area contributed by atoms with Crippen molar-refractivity contribution in [3.05, 3.63) is 129 Å². The van der Waals surface area contributed by atoms with Crippen molar-refractivity contribution in [2.75, 3.05) is 48.7 Å². The second kappa shape index (κ2) is 39.8. The van der Waals surface area contributed by atoms with Crippen molar-refractivity contribution in [1.82, 2.24) is 10.6 Å². The van der Waals surface area contributed by atoms with Crippen LogP contribution in [0.2, 0.25) is 0 Å². The van der Waals surface area contributed by atoms with Gasteiger partial charge in [-0.2, -0.15) is 15.3 Å². The maximum Gasteiger partial charge on any atom is 0.303 e. The summed E-state index contributed by atoms with van der Waals surface area (Å²) in [6.45, 7) is 1.71. The van der Waals surface area contributed by atoms with Gasteiger partial charge in [0, 0.05) is 65.8 Å². The third kappa shape index (κ3) is 26.2. The Hall–Kier alpha value is -9.17. The predicted octanol–water partition coefficient (Wildman–Crippen LogP) is 15.5. The maximum absolute atomic E-state index is 13.2. The second-order valence-electron chi connectivity index (χ2n) is 23.6. The van der Waals surface area contributed by atoms with Gasteiger partial charge in [-0.05, 0) is 141 Å². The standard InChI is InChI=1S/C34H40N6O14S3.C30H36N6O13S3.CH3.Cr/c1-20(41)30(34(46)36-22-8-4-2-5-9-22)39-37-23-12-11-21-16-27(56(49,50)51)31(32(44)25(21)17-23)40-38-26-18-24(19-28(33(26)45)57(52,53)54)55(47,48)15-14-35-13-7-3-6-10-29(42)43;31-22-14-19(37)7-8-23(22)34-33-18-6-5-17-12-25(51(44,45)46)28(29(40)21(17)13-18)36-35-24-15-20(16-26(30(24)41)52(47,48)49)50(42,43)11-10-32-9-3-1-2-4-27(38)39;;/h2,4-5,8-9,11-12,16-19,30,35,44-45,49-54H,3,6-7,10,13-15H2,1H3,(H,36,46)(H,42,43);5-8,12-16,32,37,40-41,44-49H,1-4,9-11,31H2,(H,38,39);1H3;/q;;-1;. The molecule has 1 amide bonds. The summed E-state index contributed by atoms with van der Waals surface area (Å²) in [6.07, 6.45) is 3.23. The van der Waals surface area contributed by atoms with Crippen molar-refractivity contribution in [1.29, 1.82) is 0 Å². The number of hydrogen-bond donors (Lipinski definition) is 23. The molecule has 1 atom stereocenters. The number of carbonyl (C=O) groups excluding carboxylic acids is 2. The van der Waals surface area contributed by atoms with Crippen molar-refractivity contribution in [3.8, 4) is 28.7 Å². The van der Waals surface area contributed by atoms with Crippen LogP contribution < -0.4 is 21.7 Å². The Morgan fingerprint density at radius 3 is 1.25 bits per heavy atom. The number of benzene rings is 8. The van der Waals surface area contributed by atoms with E-state index in [-0.39, 0.29) is 101 Å². The molecule has 39 nitrogen and oxygen atoms in total. The van der Waals surface area contributed by atoms with E-state index < -0.39 is 179 Å². The molecule has 0 radical (unpaired) electrons. The Balaban J connectivity index is 0.000000392. The predicted molar refractivity (Wildman–Crippen MR) is 410 cm³/mol. The number of phenols is 5. The number of nitrogens with one attached hydrogen (secondary N) is 3. The van der Waals surface area contributed by atoms with E-state index in [9.17, 15) is 116 Å². The number of aliphatic carboxylic acids is 2. The molecule has 0 aromatic heterocycles. The molecule has 0 aliphatic heterocycles. The van der Waals surface area contributed by atoms with Crippen LogP contribution in [0.3, 0.4) is 0 Å². The van der Waals surface area contributed by atoms with Gasteiger partial charge in [0.15, 0.2) is 48.5 Å². The molecule has 0 spiro atoms. The largest absolute Gasteiger partial charge is 0.508 e. The molecule has 46 heteroatoms. The molecule has 8 aromatic carbocycles. The molecule has 604 valence electrons. The Labute approximate surface area is 650 Å². The number of phenolic OH excluding ortho intramolecular Hbond substituents is 5. The van der Waals surface area contributed by atoms with Crippen molar-refractivity contribution >= 4 is 160 Å². The van der Waals surface area contributed by atoms with Crippen LogP contribution in [0.15, 0.2) is 192 Å². The van der Waals surface area contributed by atoms with Crippen LogP contribution in [0.4, 0.5) is 51.2 Å². The summed E-state index contributed by atoms with van der Waals surface area (Å²) in [7, 11) is -27.4. The van der Waals surface area contributed by atoms with E-state index >= 15 is 0 Å². The van der Waals surface area contributed by atoms with E-state index in [2.05, 4.69) is 56.9 Å². The van der Waals surface area contributed by atoms with Gasteiger partial charge in [-0.25, -0.2) is 16.8 Å². The van der Waals surface area contributed by atoms with E-state index in [4.69, 9.17) is 15.9 Å². The first kappa shape index (κ1) is 92.4. The molecular formula is C65H79CrN12O27S6-. The van der Waals surface area contributed by atoms with Crippen molar-refractivity contribution in [2.45, 2.75) is 93.7 Å². The fourth-order valence-corrected chi connectivity index (χ4v) is 15.2. The number of amides is 1. The molecule has 0 heterocycles. The van der Waals surface area contributed by atoms with Crippen molar-refractivity contribution in [3.63, 3.8) is 0 Å². The number of ketones is 1. The van der Waals surface area contributed by atoms with E-state index in [0.717, 1.165) is 31.2 Å². The molecule has 0 bridgehead atoms. The first-order valence-electron chi connectivity index (χ1n) is 31.7. The zero-order valence-electron chi connectivity index (χ0n) is 58.3. The molecule has 0 aliphatic carbocycles. The van der Waals surface area contributed by atoms with E-state index in [1.165, 1.54) is 54.6 Å². The molecular weight excluding hydrogens is 1630 g/mol. The summed E-state index contributed by atoms with van der Waals surface area (Å²) in [5.74, 6) is -8.33. The zero-order chi connectivity index (χ0) is 80.6. The van der Waals surface area contributed by atoms with Gasteiger partial charge >= 0.3 is 11.9 Å². The number of hydrogen-bond acceptors (Lipinski definition) is 36. The fraction of sp³-hybridized carbons (Fsp3) is 0.246. The van der Waals surface area contributed by atoms with Gasteiger partial charge in [-0.15, -0.1) is 25.6 Å². The summed E-state index contributed by atoms with van der Waals surface area (Å²) >= 11 is 0. The first-order valence-corrected chi connectivity index (χ1v) is 41.1.